The Bertz CT molecular complexity index is 243. The van der Waals surface area contributed by atoms with Crippen molar-refractivity contribution in [3.05, 3.63) is 16.6 Å². The van der Waals surface area contributed by atoms with Crippen LogP contribution in [0.5, 0.6) is 0 Å². The number of carbonyl (C=O) groups is 1. The first-order valence-corrected chi connectivity index (χ1v) is 5.60. The van der Waals surface area contributed by atoms with E-state index >= 15 is 0 Å². The number of aromatic nitrogens is 1. The molecule has 0 atom stereocenters. The summed E-state index contributed by atoms with van der Waals surface area (Å²) < 4.78 is 0. The Labute approximate surface area is 83.0 Å². The summed E-state index contributed by atoms with van der Waals surface area (Å²) in [6.07, 6.45) is 6.30. The van der Waals surface area contributed by atoms with E-state index in [1.165, 1.54) is 4.88 Å². The van der Waals surface area contributed by atoms with Crippen molar-refractivity contribution >= 4 is 17.1 Å². The lowest BCUT2D eigenvalue weighted by molar-refractivity contribution is -0.119. The second kappa shape index (κ2) is 5.86. The van der Waals surface area contributed by atoms with E-state index in [1.54, 1.807) is 11.3 Å². The Kier molecular flexibility index (Phi) is 4.68. The highest BCUT2D eigenvalue weighted by Gasteiger charge is 2.00. The molecule has 0 aliphatic rings. The van der Waals surface area contributed by atoms with Crippen molar-refractivity contribution in [2.45, 2.75) is 39.0 Å². The summed E-state index contributed by atoms with van der Waals surface area (Å²) in [6.45, 7) is 2.04. The van der Waals surface area contributed by atoms with Crippen LogP contribution in [0.25, 0.3) is 0 Å². The van der Waals surface area contributed by atoms with E-state index in [4.69, 9.17) is 0 Å². The van der Waals surface area contributed by atoms with Crippen molar-refractivity contribution in [1.82, 2.24) is 4.98 Å². The number of nitrogens with zero attached hydrogens (tertiary/aromatic N) is 1. The van der Waals surface area contributed by atoms with E-state index in [2.05, 4.69) is 4.98 Å². The Hall–Kier alpha value is -0.700. The summed E-state index contributed by atoms with van der Waals surface area (Å²) in [5.41, 5.74) is 1.84. The van der Waals surface area contributed by atoms with E-state index in [0.717, 1.165) is 32.1 Å². The highest BCUT2D eigenvalue weighted by Crippen LogP contribution is 2.10. The zero-order valence-corrected chi connectivity index (χ0v) is 8.77. The van der Waals surface area contributed by atoms with Crippen molar-refractivity contribution in [3.63, 3.8) is 0 Å². The minimum atomic E-state index is 0.395. The molecule has 72 valence electrons. The van der Waals surface area contributed by atoms with Crippen LogP contribution >= 0.6 is 11.3 Å². The van der Waals surface area contributed by atoms with Crippen LogP contribution in [0.1, 0.15) is 37.5 Å². The van der Waals surface area contributed by atoms with Crippen LogP contribution in [-0.4, -0.2) is 10.8 Å². The van der Waals surface area contributed by atoms with Gasteiger partial charge in [0.05, 0.1) is 5.51 Å². The molecule has 2 nitrogen and oxygen atoms in total. The van der Waals surface area contributed by atoms with Gasteiger partial charge in [-0.15, -0.1) is 11.3 Å². The van der Waals surface area contributed by atoms with Gasteiger partial charge in [-0.2, -0.15) is 0 Å². The van der Waals surface area contributed by atoms with Gasteiger partial charge in [0, 0.05) is 23.9 Å². The Morgan fingerprint density at radius 3 is 3.00 bits per heavy atom. The van der Waals surface area contributed by atoms with Gasteiger partial charge in [0.1, 0.15) is 5.78 Å². The molecule has 0 aliphatic carbocycles. The number of aryl methyl sites for hydroxylation is 1. The van der Waals surface area contributed by atoms with Crippen molar-refractivity contribution in [2.75, 3.05) is 0 Å². The van der Waals surface area contributed by atoms with Crippen LogP contribution in [0.15, 0.2) is 11.7 Å². The molecule has 0 spiro atoms. The highest BCUT2D eigenvalue weighted by molar-refractivity contribution is 7.09. The van der Waals surface area contributed by atoms with Crippen molar-refractivity contribution in [3.8, 4) is 0 Å². The molecule has 0 aromatic carbocycles. The van der Waals surface area contributed by atoms with Crippen molar-refractivity contribution in [2.24, 2.45) is 0 Å². The zero-order valence-electron chi connectivity index (χ0n) is 7.95. The normalized spacial score (nSPS) is 10.2. The second-order valence-electron chi connectivity index (χ2n) is 3.11. The van der Waals surface area contributed by atoms with Gasteiger partial charge in [-0.25, -0.2) is 0 Å². The molecule has 1 aromatic rings. The molecule has 0 saturated heterocycles. The molecule has 1 aromatic heterocycles. The fraction of sp³-hybridized carbons (Fsp3) is 0.600. The molecule has 0 unspecified atom stereocenters. The predicted molar refractivity (Wildman–Crippen MR) is 55.0 cm³/mol. The third-order valence-corrected chi connectivity index (χ3v) is 2.73. The van der Waals surface area contributed by atoms with Crippen LogP contribution in [0.4, 0.5) is 0 Å². The first-order valence-electron chi connectivity index (χ1n) is 4.72. The Morgan fingerprint density at radius 2 is 2.38 bits per heavy atom. The van der Waals surface area contributed by atoms with Gasteiger partial charge in [0.15, 0.2) is 0 Å². The van der Waals surface area contributed by atoms with Gasteiger partial charge < -0.3 is 0 Å². The van der Waals surface area contributed by atoms with E-state index in [0.29, 0.717) is 5.78 Å². The lowest BCUT2D eigenvalue weighted by Crippen LogP contribution is -1.97. The average Bonchev–Trinajstić information content (AvgIpc) is 2.57. The molecule has 0 saturated carbocycles. The van der Waals surface area contributed by atoms with E-state index in [-0.39, 0.29) is 0 Å². The Balaban J connectivity index is 2.11. The minimum absolute atomic E-state index is 0.395. The average molecular weight is 197 g/mol. The fourth-order valence-corrected chi connectivity index (χ4v) is 1.87. The smallest absolute Gasteiger partial charge is 0.132 e. The maximum absolute atomic E-state index is 11.2. The number of carbonyl (C=O) groups excluding carboxylic acids is 1. The predicted octanol–water partition coefficient (Wildman–Crippen LogP) is 2.84. The van der Waals surface area contributed by atoms with Crippen LogP contribution in [0, 0.1) is 0 Å². The molecule has 0 N–H and O–H groups in total. The van der Waals surface area contributed by atoms with Gasteiger partial charge in [-0.1, -0.05) is 6.92 Å². The summed E-state index contributed by atoms with van der Waals surface area (Å²) in [4.78, 5) is 16.4. The number of hydrogen-bond acceptors (Lipinski definition) is 3. The summed E-state index contributed by atoms with van der Waals surface area (Å²) >= 11 is 1.67. The maximum atomic E-state index is 11.2. The van der Waals surface area contributed by atoms with Crippen molar-refractivity contribution in [1.29, 1.82) is 0 Å². The SMILES string of the molecule is CCCC(=O)CCCc1cncs1. The van der Waals surface area contributed by atoms with Crippen LogP contribution in [0.3, 0.4) is 0 Å². The van der Waals surface area contributed by atoms with Gasteiger partial charge in [-0.05, 0) is 19.3 Å². The third-order valence-electron chi connectivity index (χ3n) is 1.89. The summed E-state index contributed by atoms with van der Waals surface area (Å²) in [5.74, 6) is 0.395. The standard InChI is InChI=1S/C10H15NOS/c1-2-4-9(12)5-3-6-10-7-11-8-13-10/h7-8H,2-6H2,1H3. The third kappa shape index (κ3) is 4.18. The lowest BCUT2D eigenvalue weighted by Gasteiger charge is -1.97. The molecular weight excluding hydrogens is 182 g/mol. The quantitative estimate of drug-likeness (QED) is 0.702. The van der Waals surface area contributed by atoms with Crippen LogP contribution < -0.4 is 0 Å². The molecule has 1 rings (SSSR count). The highest BCUT2D eigenvalue weighted by atomic mass is 32.1. The Morgan fingerprint density at radius 1 is 1.54 bits per heavy atom. The second-order valence-corrected chi connectivity index (χ2v) is 4.08. The number of hydrogen-bond donors (Lipinski definition) is 0. The minimum Gasteiger partial charge on any atom is -0.300 e. The first kappa shape index (κ1) is 10.4. The van der Waals surface area contributed by atoms with Gasteiger partial charge in [0.2, 0.25) is 0 Å². The topological polar surface area (TPSA) is 30.0 Å². The number of Topliss-reactive ketones (excluding diaryl/α,β-unsaturated/α-hetero) is 1. The summed E-state index contributed by atoms with van der Waals surface area (Å²) in [6, 6.07) is 0. The number of rotatable bonds is 6. The van der Waals surface area contributed by atoms with Gasteiger partial charge >= 0.3 is 0 Å². The fourth-order valence-electron chi connectivity index (χ4n) is 1.23. The largest absolute Gasteiger partial charge is 0.300 e. The van der Waals surface area contributed by atoms with Gasteiger partial charge in [0.25, 0.3) is 0 Å². The molecule has 0 radical (unpaired) electrons. The molecule has 0 aliphatic heterocycles. The van der Waals surface area contributed by atoms with E-state index in [1.807, 2.05) is 18.6 Å². The van der Waals surface area contributed by atoms with Crippen molar-refractivity contribution < 1.29 is 4.79 Å². The molecule has 1 heterocycles. The molecule has 0 amide bonds. The van der Waals surface area contributed by atoms with Crippen LogP contribution in [-0.2, 0) is 11.2 Å². The molecule has 0 fully saturated rings. The first-order chi connectivity index (χ1) is 6.33. The summed E-state index contributed by atoms with van der Waals surface area (Å²) in [7, 11) is 0. The van der Waals surface area contributed by atoms with E-state index < -0.39 is 0 Å². The zero-order chi connectivity index (χ0) is 9.52. The monoisotopic (exact) mass is 197 g/mol. The van der Waals surface area contributed by atoms with Gasteiger partial charge in [-0.3, -0.25) is 9.78 Å². The number of thiazole rings is 1. The molecule has 0 bridgehead atoms. The van der Waals surface area contributed by atoms with Crippen LogP contribution in [0.2, 0.25) is 0 Å². The lowest BCUT2D eigenvalue weighted by atomic mass is 10.1. The molecule has 13 heavy (non-hydrogen) atoms. The summed E-state index contributed by atoms with van der Waals surface area (Å²) in [5, 5.41) is 0. The molecular formula is C10H15NOS. The maximum Gasteiger partial charge on any atom is 0.132 e. The van der Waals surface area contributed by atoms with E-state index in [9.17, 15) is 4.79 Å². The molecule has 3 heteroatoms. The number of ketones is 1.